The first-order chi connectivity index (χ1) is 12.4. The van der Waals surface area contributed by atoms with Crippen molar-refractivity contribution < 1.29 is 18.4 Å². The average Bonchev–Trinajstić information content (AvgIpc) is 3.01. The van der Waals surface area contributed by atoms with E-state index in [0.717, 1.165) is 28.6 Å². The summed E-state index contributed by atoms with van der Waals surface area (Å²) in [5.74, 6) is -3.18. The normalized spacial score (nSPS) is 12.1. The molecule has 3 rings (SSSR count). The monoisotopic (exact) mass is 357 g/mol. The number of amides is 2. The topological polar surface area (TPSA) is 88.0 Å². The van der Waals surface area contributed by atoms with Crippen molar-refractivity contribution in [2.75, 3.05) is 0 Å². The Morgan fingerprint density at radius 1 is 1.12 bits per heavy atom. The van der Waals surface area contributed by atoms with Crippen molar-refractivity contribution in [2.45, 2.75) is 18.9 Å². The van der Waals surface area contributed by atoms with Crippen molar-refractivity contribution in [3.8, 4) is 0 Å². The van der Waals surface area contributed by atoms with E-state index in [-0.39, 0.29) is 12.8 Å². The second-order valence-corrected chi connectivity index (χ2v) is 6.01. The summed E-state index contributed by atoms with van der Waals surface area (Å²) in [4.78, 5) is 27.0. The Kier molecular flexibility index (Phi) is 4.97. The van der Waals surface area contributed by atoms with Gasteiger partial charge in [0.2, 0.25) is 11.8 Å². The lowest BCUT2D eigenvalue weighted by Crippen LogP contribution is -2.46. The van der Waals surface area contributed by atoms with Gasteiger partial charge >= 0.3 is 0 Å². The van der Waals surface area contributed by atoms with Gasteiger partial charge in [-0.1, -0.05) is 24.3 Å². The number of H-pyrrole nitrogens is 1. The third-order valence-electron chi connectivity index (χ3n) is 4.13. The third-order valence-corrected chi connectivity index (χ3v) is 4.13. The fraction of sp³-hybridized carbons (Fsp3) is 0.158. The van der Waals surface area contributed by atoms with Crippen LogP contribution in [-0.2, 0) is 22.4 Å². The fourth-order valence-electron chi connectivity index (χ4n) is 2.82. The van der Waals surface area contributed by atoms with Crippen LogP contribution < -0.4 is 11.1 Å². The van der Waals surface area contributed by atoms with E-state index in [1.807, 2.05) is 24.3 Å². The minimum absolute atomic E-state index is 0.186. The molecular formula is C19H17F2N3O2. The number of carbonyl (C=O) groups excluding carboxylic acids is 2. The zero-order valence-corrected chi connectivity index (χ0v) is 13.8. The predicted molar refractivity (Wildman–Crippen MR) is 93.2 cm³/mol. The number of fused-ring (bicyclic) bond motifs is 1. The van der Waals surface area contributed by atoms with Crippen LogP contribution in [0.25, 0.3) is 10.9 Å². The van der Waals surface area contributed by atoms with E-state index in [4.69, 9.17) is 5.73 Å². The van der Waals surface area contributed by atoms with Gasteiger partial charge in [0.05, 0.1) is 6.42 Å². The van der Waals surface area contributed by atoms with Crippen molar-refractivity contribution in [1.82, 2.24) is 10.3 Å². The van der Waals surface area contributed by atoms with Gasteiger partial charge in [-0.2, -0.15) is 0 Å². The number of hydrogen-bond donors (Lipinski definition) is 3. The highest BCUT2D eigenvalue weighted by Crippen LogP contribution is 2.19. The molecule has 0 bridgehead atoms. The van der Waals surface area contributed by atoms with Gasteiger partial charge in [-0.25, -0.2) is 8.78 Å². The molecule has 2 aromatic carbocycles. The standard InChI is InChI=1S/C19H17F2N3O2/c20-14-6-5-11(7-15(14)21)8-18(25)24-17(19(22)26)9-12-10-23-16-4-2-1-3-13(12)16/h1-7,10,17,23H,8-9H2,(H2,22,26)(H,24,25)/t17-/m1/s1. The zero-order chi connectivity index (χ0) is 18.7. The Balaban J connectivity index is 1.71. The van der Waals surface area contributed by atoms with Gasteiger partial charge in [-0.15, -0.1) is 0 Å². The molecule has 0 fully saturated rings. The van der Waals surface area contributed by atoms with Crippen LogP contribution in [0.3, 0.4) is 0 Å². The molecule has 1 atom stereocenters. The van der Waals surface area contributed by atoms with E-state index in [0.29, 0.717) is 5.56 Å². The van der Waals surface area contributed by atoms with Crippen LogP contribution in [0.1, 0.15) is 11.1 Å². The van der Waals surface area contributed by atoms with E-state index in [1.165, 1.54) is 6.07 Å². The van der Waals surface area contributed by atoms with E-state index in [9.17, 15) is 18.4 Å². The quantitative estimate of drug-likeness (QED) is 0.631. The lowest BCUT2D eigenvalue weighted by molar-refractivity contribution is -0.126. The maximum atomic E-state index is 13.2. The molecule has 0 aliphatic heterocycles. The molecule has 0 aliphatic rings. The Bertz CT molecular complexity index is 968. The summed E-state index contributed by atoms with van der Waals surface area (Å²) in [5, 5.41) is 3.50. The molecule has 0 spiro atoms. The first-order valence-corrected chi connectivity index (χ1v) is 8.01. The van der Waals surface area contributed by atoms with Crippen molar-refractivity contribution in [2.24, 2.45) is 5.73 Å². The summed E-state index contributed by atoms with van der Waals surface area (Å²) in [5.41, 5.74) is 7.47. The second-order valence-electron chi connectivity index (χ2n) is 6.01. The average molecular weight is 357 g/mol. The van der Waals surface area contributed by atoms with Gasteiger partial charge in [-0.05, 0) is 29.3 Å². The highest BCUT2D eigenvalue weighted by molar-refractivity contribution is 5.89. The fourth-order valence-corrected chi connectivity index (χ4v) is 2.82. The molecular weight excluding hydrogens is 340 g/mol. The van der Waals surface area contributed by atoms with E-state index < -0.39 is 29.5 Å². The Morgan fingerprint density at radius 2 is 1.88 bits per heavy atom. The van der Waals surface area contributed by atoms with Gasteiger partial charge in [0, 0.05) is 23.5 Å². The number of rotatable bonds is 6. The molecule has 2 amide bonds. The molecule has 26 heavy (non-hydrogen) atoms. The number of benzene rings is 2. The minimum Gasteiger partial charge on any atom is -0.368 e. The van der Waals surface area contributed by atoms with Crippen LogP contribution in [0.15, 0.2) is 48.7 Å². The van der Waals surface area contributed by atoms with Gasteiger partial charge in [0.1, 0.15) is 6.04 Å². The maximum Gasteiger partial charge on any atom is 0.240 e. The molecule has 1 aromatic heterocycles. The first-order valence-electron chi connectivity index (χ1n) is 8.01. The van der Waals surface area contributed by atoms with Crippen LogP contribution >= 0.6 is 0 Å². The smallest absolute Gasteiger partial charge is 0.240 e. The molecule has 4 N–H and O–H groups in total. The van der Waals surface area contributed by atoms with E-state index in [1.54, 1.807) is 6.20 Å². The summed E-state index contributed by atoms with van der Waals surface area (Å²) in [7, 11) is 0. The molecule has 134 valence electrons. The number of halogens is 2. The molecule has 0 saturated carbocycles. The third kappa shape index (κ3) is 3.88. The lowest BCUT2D eigenvalue weighted by atomic mass is 10.0. The highest BCUT2D eigenvalue weighted by atomic mass is 19.2. The number of primary amides is 1. The van der Waals surface area contributed by atoms with Gasteiger partial charge in [0.15, 0.2) is 11.6 Å². The minimum atomic E-state index is -1.03. The van der Waals surface area contributed by atoms with Crippen molar-refractivity contribution >= 4 is 22.7 Å². The first kappa shape index (κ1) is 17.6. The predicted octanol–water partition coefficient (Wildman–Crippen LogP) is 2.20. The van der Waals surface area contributed by atoms with Crippen LogP contribution in [0.5, 0.6) is 0 Å². The number of nitrogens with one attached hydrogen (secondary N) is 2. The van der Waals surface area contributed by atoms with E-state index >= 15 is 0 Å². The van der Waals surface area contributed by atoms with Crippen molar-refractivity contribution in [3.63, 3.8) is 0 Å². The molecule has 5 nitrogen and oxygen atoms in total. The summed E-state index contributed by atoms with van der Waals surface area (Å²) in [6.45, 7) is 0. The molecule has 1 heterocycles. The zero-order valence-electron chi connectivity index (χ0n) is 13.8. The molecule has 0 unspecified atom stereocenters. The summed E-state index contributed by atoms with van der Waals surface area (Å²) in [6, 6.07) is 9.88. The second kappa shape index (κ2) is 7.35. The van der Waals surface area contributed by atoms with Crippen molar-refractivity contribution in [3.05, 3.63) is 71.4 Å². The Hall–Kier alpha value is -3.22. The highest BCUT2D eigenvalue weighted by Gasteiger charge is 2.20. The molecule has 7 heteroatoms. The van der Waals surface area contributed by atoms with Gasteiger partial charge in [0.25, 0.3) is 0 Å². The summed E-state index contributed by atoms with van der Waals surface area (Å²) < 4.78 is 26.2. The number of aromatic nitrogens is 1. The number of hydrogen-bond acceptors (Lipinski definition) is 2. The Morgan fingerprint density at radius 3 is 2.62 bits per heavy atom. The number of carbonyl (C=O) groups is 2. The molecule has 0 aliphatic carbocycles. The Labute approximate surface area is 148 Å². The molecule has 3 aromatic rings. The van der Waals surface area contributed by atoms with Gasteiger partial charge < -0.3 is 16.0 Å². The van der Waals surface area contributed by atoms with Crippen LogP contribution in [0.2, 0.25) is 0 Å². The summed E-state index contributed by atoms with van der Waals surface area (Å²) in [6.07, 6.45) is 1.81. The maximum absolute atomic E-state index is 13.2. The molecule has 0 radical (unpaired) electrons. The largest absolute Gasteiger partial charge is 0.368 e. The summed E-state index contributed by atoms with van der Waals surface area (Å²) >= 11 is 0. The van der Waals surface area contributed by atoms with Gasteiger partial charge in [-0.3, -0.25) is 9.59 Å². The van der Waals surface area contributed by atoms with Crippen LogP contribution in [-0.4, -0.2) is 22.8 Å². The van der Waals surface area contributed by atoms with Crippen molar-refractivity contribution in [1.29, 1.82) is 0 Å². The van der Waals surface area contributed by atoms with Crippen LogP contribution in [0, 0.1) is 11.6 Å². The SMILES string of the molecule is NC(=O)[C@@H](Cc1c[nH]c2ccccc12)NC(=O)Cc1ccc(F)c(F)c1. The number of nitrogens with two attached hydrogens (primary N) is 1. The van der Waals surface area contributed by atoms with Crippen LogP contribution in [0.4, 0.5) is 8.78 Å². The lowest BCUT2D eigenvalue weighted by Gasteiger charge is -2.15. The number of para-hydroxylation sites is 1. The van der Waals surface area contributed by atoms with E-state index in [2.05, 4.69) is 10.3 Å². The molecule has 0 saturated heterocycles. The number of aromatic amines is 1.